The molecule has 0 fully saturated rings. The number of hydrogen-bond acceptors (Lipinski definition) is 5. The lowest BCUT2D eigenvalue weighted by molar-refractivity contribution is -0.142. The number of fused-ring (bicyclic) bond motifs is 1. The van der Waals surface area contributed by atoms with Crippen molar-refractivity contribution in [2.45, 2.75) is 37.8 Å². The first-order chi connectivity index (χ1) is 16.4. The molecule has 0 unspecified atom stereocenters. The van der Waals surface area contributed by atoms with Gasteiger partial charge in [-0.05, 0) is 55.2 Å². The van der Waals surface area contributed by atoms with Gasteiger partial charge in [0, 0.05) is 35.6 Å². The Hall–Kier alpha value is -3.85. The van der Waals surface area contributed by atoms with Crippen molar-refractivity contribution in [3.05, 3.63) is 65.9 Å². The van der Waals surface area contributed by atoms with E-state index in [0.29, 0.717) is 37.1 Å². The molecule has 0 saturated carbocycles. The summed E-state index contributed by atoms with van der Waals surface area (Å²) >= 11 is 0. The van der Waals surface area contributed by atoms with Gasteiger partial charge in [-0.2, -0.15) is 0 Å². The van der Waals surface area contributed by atoms with Gasteiger partial charge in [0.2, 0.25) is 5.91 Å². The minimum absolute atomic E-state index is 0.148. The van der Waals surface area contributed by atoms with E-state index in [1.165, 1.54) is 0 Å². The van der Waals surface area contributed by atoms with Gasteiger partial charge in [-0.1, -0.05) is 18.2 Å². The predicted molar refractivity (Wildman–Crippen MR) is 129 cm³/mol. The van der Waals surface area contributed by atoms with Crippen molar-refractivity contribution in [1.29, 1.82) is 0 Å². The molecule has 1 heterocycles. The predicted octanol–water partition coefficient (Wildman–Crippen LogP) is 2.22. The Labute approximate surface area is 197 Å². The largest absolute Gasteiger partial charge is 0.497 e. The molecule has 0 saturated heterocycles. The lowest BCUT2D eigenvalue weighted by atomic mass is 10.0. The summed E-state index contributed by atoms with van der Waals surface area (Å²) in [5, 5.41) is 15.9. The van der Waals surface area contributed by atoms with Crippen LogP contribution in [0.25, 0.3) is 10.9 Å². The summed E-state index contributed by atoms with van der Waals surface area (Å²) in [6, 6.07) is 12.5. The van der Waals surface area contributed by atoms with Crippen LogP contribution >= 0.6 is 0 Å². The summed E-state index contributed by atoms with van der Waals surface area (Å²) in [7, 11) is 1.56. The number of carbonyl (C=O) groups excluding carboxylic acids is 2. The van der Waals surface area contributed by atoms with Crippen molar-refractivity contribution in [1.82, 2.24) is 15.6 Å². The number of hydrogen-bond donors (Lipinski definition) is 5. The number of nitrogens with two attached hydrogens (primary N) is 1. The van der Waals surface area contributed by atoms with Gasteiger partial charge in [-0.3, -0.25) is 9.59 Å². The molecule has 0 aliphatic heterocycles. The number of unbranched alkanes of at least 4 members (excludes halogenated alkanes) is 1. The summed E-state index contributed by atoms with van der Waals surface area (Å²) in [6.07, 6.45) is 3.53. The van der Waals surface area contributed by atoms with Crippen molar-refractivity contribution in [2.75, 3.05) is 13.7 Å². The lowest BCUT2D eigenvalue weighted by Gasteiger charge is -2.18. The quantitative estimate of drug-likeness (QED) is 0.259. The fourth-order valence-corrected chi connectivity index (χ4v) is 3.67. The number of aromatic nitrogens is 1. The molecule has 180 valence electrons. The third kappa shape index (κ3) is 6.58. The standard InChI is InChI=1S/C25H30N4O5/c1-34-18-11-9-16(10-12-18)23(30)27-13-5-4-7-20(26)24(31)29-22(25(32)33)14-17-15-28-21-8-3-2-6-19(17)21/h2-3,6,8-12,15,20,22,28H,4-5,7,13-14,26H2,1H3,(H,27,30)(H,29,31)(H,32,33)/t20-,22+/m1/s1. The molecular weight excluding hydrogens is 436 g/mol. The molecule has 0 bridgehead atoms. The minimum Gasteiger partial charge on any atom is -0.497 e. The maximum Gasteiger partial charge on any atom is 0.326 e. The number of para-hydroxylation sites is 1. The monoisotopic (exact) mass is 466 g/mol. The molecule has 0 aliphatic carbocycles. The van der Waals surface area contributed by atoms with E-state index in [-0.39, 0.29) is 12.3 Å². The number of aromatic amines is 1. The highest BCUT2D eigenvalue weighted by molar-refractivity contribution is 5.94. The second-order valence-electron chi connectivity index (χ2n) is 8.05. The molecule has 3 aromatic rings. The van der Waals surface area contributed by atoms with Crippen LogP contribution in [0.3, 0.4) is 0 Å². The highest BCUT2D eigenvalue weighted by atomic mass is 16.5. The van der Waals surface area contributed by atoms with Crippen LogP contribution in [-0.2, 0) is 16.0 Å². The van der Waals surface area contributed by atoms with Gasteiger partial charge in [-0.15, -0.1) is 0 Å². The number of carbonyl (C=O) groups is 3. The highest BCUT2D eigenvalue weighted by Gasteiger charge is 2.24. The molecule has 9 nitrogen and oxygen atoms in total. The Morgan fingerprint density at radius 1 is 1.09 bits per heavy atom. The van der Waals surface area contributed by atoms with E-state index in [4.69, 9.17) is 10.5 Å². The molecule has 0 aliphatic rings. The molecule has 1 aromatic heterocycles. The van der Waals surface area contributed by atoms with Crippen molar-refractivity contribution < 1.29 is 24.2 Å². The number of amides is 2. The van der Waals surface area contributed by atoms with E-state index >= 15 is 0 Å². The van der Waals surface area contributed by atoms with Gasteiger partial charge in [0.1, 0.15) is 11.8 Å². The number of aliphatic carboxylic acids is 1. The first kappa shape index (κ1) is 24.8. The number of carboxylic acids is 1. The smallest absolute Gasteiger partial charge is 0.326 e. The van der Waals surface area contributed by atoms with Gasteiger partial charge in [0.25, 0.3) is 5.91 Å². The lowest BCUT2D eigenvalue weighted by Crippen LogP contribution is -2.49. The zero-order valence-corrected chi connectivity index (χ0v) is 19.0. The van der Waals surface area contributed by atoms with E-state index in [1.807, 2.05) is 24.3 Å². The number of methoxy groups -OCH3 is 1. The van der Waals surface area contributed by atoms with Crippen LogP contribution in [0.4, 0.5) is 0 Å². The van der Waals surface area contributed by atoms with Gasteiger partial charge < -0.3 is 31.2 Å². The van der Waals surface area contributed by atoms with Crippen LogP contribution < -0.4 is 21.1 Å². The molecule has 2 aromatic carbocycles. The van der Waals surface area contributed by atoms with Crippen molar-refractivity contribution in [3.63, 3.8) is 0 Å². The Balaban J connectivity index is 1.41. The average molecular weight is 467 g/mol. The van der Waals surface area contributed by atoms with E-state index in [0.717, 1.165) is 16.5 Å². The van der Waals surface area contributed by atoms with Crippen molar-refractivity contribution in [2.24, 2.45) is 5.73 Å². The van der Waals surface area contributed by atoms with Gasteiger partial charge >= 0.3 is 5.97 Å². The van der Waals surface area contributed by atoms with E-state index < -0.39 is 24.0 Å². The summed E-state index contributed by atoms with van der Waals surface area (Å²) < 4.78 is 5.07. The summed E-state index contributed by atoms with van der Waals surface area (Å²) in [6.45, 7) is 0.442. The topological polar surface area (TPSA) is 147 Å². The fourth-order valence-electron chi connectivity index (χ4n) is 3.67. The molecule has 0 radical (unpaired) electrons. The van der Waals surface area contributed by atoms with Crippen molar-refractivity contribution in [3.8, 4) is 5.75 Å². The first-order valence-electron chi connectivity index (χ1n) is 11.1. The van der Waals surface area contributed by atoms with Crippen LogP contribution in [0, 0.1) is 0 Å². The first-order valence-corrected chi connectivity index (χ1v) is 11.1. The molecule has 6 N–H and O–H groups in total. The third-order valence-electron chi connectivity index (χ3n) is 5.63. The van der Waals surface area contributed by atoms with Crippen LogP contribution in [0.1, 0.15) is 35.2 Å². The maximum atomic E-state index is 12.5. The number of benzene rings is 2. The van der Waals surface area contributed by atoms with Gasteiger partial charge in [0.15, 0.2) is 0 Å². The summed E-state index contributed by atoms with van der Waals surface area (Å²) in [4.78, 5) is 39.4. The second-order valence-corrected chi connectivity index (χ2v) is 8.05. The SMILES string of the molecule is COc1ccc(C(=O)NCCCC[C@@H](N)C(=O)N[C@@H](Cc2c[nH]c3ccccc23)C(=O)O)cc1. The third-order valence-corrected chi connectivity index (χ3v) is 5.63. The fraction of sp³-hybridized carbons (Fsp3) is 0.320. The number of rotatable bonds is 12. The second kappa shape index (κ2) is 11.9. The molecular formula is C25H30N4O5. The van der Waals surface area contributed by atoms with Crippen LogP contribution in [-0.4, -0.2) is 53.6 Å². The molecule has 0 spiro atoms. The minimum atomic E-state index is -1.12. The Bertz CT molecular complexity index is 1130. The van der Waals surface area contributed by atoms with E-state index in [9.17, 15) is 19.5 Å². The number of H-pyrrole nitrogens is 1. The van der Waals surface area contributed by atoms with Crippen LogP contribution in [0.5, 0.6) is 5.75 Å². The molecule has 2 amide bonds. The molecule has 34 heavy (non-hydrogen) atoms. The summed E-state index contributed by atoms with van der Waals surface area (Å²) in [5.41, 5.74) is 8.23. The average Bonchev–Trinajstić information content (AvgIpc) is 3.25. The normalized spacial score (nSPS) is 12.6. The van der Waals surface area contributed by atoms with Crippen LogP contribution in [0.2, 0.25) is 0 Å². The number of ether oxygens (including phenoxy) is 1. The van der Waals surface area contributed by atoms with Crippen molar-refractivity contribution >= 4 is 28.7 Å². The van der Waals surface area contributed by atoms with Gasteiger partial charge in [0.05, 0.1) is 13.2 Å². The Kier molecular flexibility index (Phi) is 8.64. The maximum absolute atomic E-state index is 12.5. The molecule has 3 rings (SSSR count). The number of nitrogens with one attached hydrogen (secondary N) is 3. The van der Waals surface area contributed by atoms with Crippen LogP contribution in [0.15, 0.2) is 54.7 Å². The van der Waals surface area contributed by atoms with Gasteiger partial charge in [-0.25, -0.2) is 4.79 Å². The zero-order chi connectivity index (χ0) is 24.5. The number of carboxylic acid groups (broad SMARTS) is 1. The van der Waals surface area contributed by atoms with E-state index in [2.05, 4.69) is 15.6 Å². The highest BCUT2D eigenvalue weighted by Crippen LogP contribution is 2.19. The molecule has 2 atom stereocenters. The molecule has 9 heteroatoms. The summed E-state index contributed by atoms with van der Waals surface area (Å²) in [5.74, 6) is -1.14. The van der Waals surface area contributed by atoms with E-state index in [1.54, 1.807) is 37.6 Å². The Morgan fingerprint density at radius 2 is 1.82 bits per heavy atom. The Morgan fingerprint density at radius 3 is 2.53 bits per heavy atom. The zero-order valence-electron chi connectivity index (χ0n) is 19.0.